The number of nitrogens with one attached hydrogen (secondary N) is 1. The van der Waals surface area contributed by atoms with Crippen LogP contribution in [-0.2, 0) is 4.74 Å². The smallest absolute Gasteiger partial charge is 0.407 e. The lowest BCUT2D eigenvalue weighted by molar-refractivity contribution is 0.0477. The molecule has 2 rings (SSSR count). The Bertz CT molecular complexity index is 231. The standard InChI is InChI=1S/C11H20N2O2/c1-13-9-4-3-5-10(13)7-8(6-9)12-11(14)15-2/h8-10H,3-7H2,1-2H3,(H,12,14). The zero-order valence-corrected chi connectivity index (χ0v) is 9.53. The van der Waals surface area contributed by atoms with Gasteiger partial charge in [0.15, 0.2) is 0 Å². The summed E-state index contributed by atoms with van der Waals surface area (Å²) in [6.45, 7) is 0. The molecule has 0 saturated carbocycles. The predicted octanol–water partition coefficient (Wildman–Crippen LogP) is 1.36. The maximum Gasteiger partial charge on any atom is 0.407 e. The van der Waals surface area contributed by atoms with Crippen molar-refractivity contribution < 1.29 is 9.53 Å². The number of carbonyl (C=O) groups excluding carboxylic acids is 1. The molecule has 2 unspecified atom stereocenters. The summed E-state index contributed by atoms with van der Waals surface area (Å²) in [4.78, 5) is 13.6. The molecule has 0 aromatic heterocycles. The lowest BCUT2D eigenvalue weighted by Gasteiger charge is -2.47. The van der Waals surface area contributed by atoms with Gasteiger partial charge in [0.1, 0.15) is 0 Å². The lowest BCUT2D eigenvalue weighted by atomic mass is 9.82. The van der Waals surface area contributed by atoms with Gasteiger partial charge in [-0.3, -0.25) is 0 Å². The molecule has 2 heterocycles. The minimum Gasteiger partial charge on any atom is -0.453 e. The van der Waals surface area contributed by atoms with Crippen LogP contribution < -0.4 is 5.32 Å². The molecule has 0 aliphatic carbocycles. The summed E-state index contributed by atoms with van der Waals surface area (Å²) in [6, 6.07) is 1.61. The van der Waals surface area contributed by atoms with Gasteiger partial charge in [-0.15, -0.1) is 0 Å². The van der Waals surface area contributed by atoms with Gasteiger partial charge in [-0.1, -0.05) is 6.42 Å². The third kappa shape index (κ3) is 2.25. The van der Waals surface area contributed by atoms with Crippen molar-refractivity contribution in [1.82, 2.24) is 10.2 Å². The van der Waals surface area contributed by atoms with Crippen LogP contribution in [0, 0.1) is 0 Å². The number of rotatable bonds is 1. The molecule has 15 heavy (non-hydrogen) atoms. The van der Waals surface area contributed by atoms with Crippen molar-refractivity contribution in [2.24, 2.45) is 0 Å². The molecule has 1 N–H and O–H groups in total. The third-order valence-electron chi connectivity index (χ3n) is 3.85. The zero-order chi connectivity index (χ0) is 10.8. The van der Waals surface area contributed by atoms with E-state index >= 15 is 0 Å². The van der Waals surface area contributed by atoms with E-state index in [0.29, 0.717) is 18.1 Å². The van der Waals surface area contributed by atoms with E-state index in [1.807, 2.05) is 0 Å². The van der Waals surface area contributed by atoms with Gasteiger partial charge in [-0.2, -0.15) is 0 Å². The van der Waals surface area contributed by atoms with Gasteiger partial charge in [-0.25, -0.2) is 4.79 Å². The van der Waals surface area contributed by atoms with Crippen LogP contribution in [0.25, 0.3) is 0 Å². The second-order valence-electron chi connectivity index (χ2n) is 4.71. The molecule has 4 heteroatoms. The molecule has 0 aromatic rings. The van der Waals surface area contributed by atoms with Crippen molar-refractivity contribution in [3.8, 4) is 0 Å². The summed E-state index contributed by atoms with van der Waals surface area (Å²) in [5, 5.41) is 2.93. The summed E-state index contributed by atoms with van der Waals surface area (Å²) in [5.74, 6) is 0. The molecule has 4 nitrogen and oxygen atoms in total. The van der Waals surface area contributed by atoms with Crippen molar-refractivity contribution in [3.63, 3.8) is 0 Å². The van der Waals surface area contributed by atoms with Crippen molar-refractivity contribution in [2.45, 2.75) is 50.2 Å². The van der Waals surface area contributed by atoms with Gasteiger partial charge >= 0.3 is 6.09 Å². The van der Waals surface area contributed by atoms with Gasteiger partial charge in [0.05, 0.1) is 7.11 Å². The molecule has 2 aliphatic rings. The SMILES string of the molecule is COC(=O)NC1CC2CCCC(C1)N2C. The molecule has 2 aliphatic heterocycles. The van der Waals surface area contributed by atoms with Gasteiger partial charge < -0.3 is 15.0 Å². The van der Waals surface area contributed by atoms with Crippen LogP contribution in [0.15, 0.2) is 0 Å². The number of nitrogens with zero attached hydrogens (tertiary/aromatic N) is 1. The quantitative estimate of drug-likeness (QED) is 0.713. The molecular weight excluding hydrogens is 192 g/mol. The fraction of sp³-hybridized carbons (Fsp3) is 0.909. The molecule has 0 radical (unpaired) electrons. The maximum atomic E-state index is 11.1. The van der Waals surface area contributed by atoms with E-state index < -0.39 is 0 Å². The summed E-state index contributed by atoms with van der Waals surface area (Å²) in [5.41, 5.74) is 0. The average Bonchev–Trinajstić information content (AvgIpc) is 2.19. The number of amides is 1. The second kappa shape index (κ2) is 4.39. The molecule has 86 valence electrons. The molecule has 0 spiro atoms. The fourth-order valence-electron chi connectivity index (χ4n) is 2.96. The first-order valence-corrected chi connectivity index (χ1v) is 5.77. The van der Waals surface area contributed by atoms with Crippen LogP contribution in [0.2, 0.25) is 0 Å². The topological polar surface area (TPSA) is 41.6 Å². The largest absolute Gasteiger partial charge is 0.453 e. The van der Waals surface area contributed by atoms with Crippen LogP contribution in [0.1, 0.15) is 32.1 Å². The number of piperidine rings is 2. The molecule has 2 saturated heterocycles. The van der Waals surface area contributed by atoms with Gasteiger partial charge in [0.25, 0.3) is 0 Å². The normalized spacial score (nSPS) is 36.0. The lowest BCUT2D eigenvalue weighted by Crippen LogP contribution is -2.55. The monoisotopic (exact) mass is 212 g/mol. The van der Waals surface area contributed by atoms with E-state index in [2.05, 4.69) is 22.0 Å². The maximum absolute atomic E-state index is 11.1. The molecule has 1 amide bonds. The summed E-state index contributed by atoms with van der Waals surface area (Å²) < 4.78 is 4.64. The first-order valence-electron chi connectivity index (χ1n) is 5.77. The Morgan fingerprint density at radius 1 is 1.33 bits per heavy atom. The number of alkyl carbamates (subject to hydrolysis) is 1. The van der Waals surface area contributed by atoms with E-state index in [-0.39, 0.29) is 6.09 Å². The molecule has 0 aromatic carbocycles. The molecule has 2 bridgehead atoms. The van der Waals surface area contributed by atoms with Crippen LogP contribution in [0.5, 0.6) is 0 Å². The highest BCUT2D eigenvalue weighted by Gasteiger charge is 2.36. The first kappa shape index (κ1) is 10.7. The molecule has 2 fully saturated rings. The highest BCUT2D eigenvalue weighted by molar-refractivity contribution is 5.67. The first-order chi connectivity index (χ1) is 7.20. The van der Waals surface area contributed by atoms with Crippen molar-refractivity contribution in [3.05, 3.63) is 0 Å². The number of hydrogen-bond donors (Lipinski definition) is 1. The van der Waals surface area contributed by atoms with E-state index in [1.54, 1.807) is 0 Å². The number of ether oxygens (including phenoxy) is 1. The van der Waals surface area contributed by atoms with Crippen LogP contribution in [0.3, 0.4) is 0 Å². The Morgan fingerprint density at radius 2 is 1.93 bits per heavy atom. The van der Waals surface area contributed by atoms with E-state index in [1.165, 1.54) is 26.4 Å². The Morgan fingerprint density at radius 3 is 2.47 bits per heavy atom. The minimum atomic E-state index is -0.289. The number of carbonyl (C=O) groups is 1. The number of hydrogen-bond acceptors (Lipinski definition) is 3. The zero-order valence-electron chi connectivity index (χ0n) is 9.53. The predicted molar refractivity (Wildman–Crippen MR) is 57.8 cm³/mol. The van der Waals surface area contributed by atoms with Crippen molar-refractivity contribution >= 4 is 6.09 Å². The average molecular weight is 212 g/mol. The Kier molecular flexibility index (Phi) is 3.14. The summed E-state index contributed by atoms with van der Waals surface area (Å²) in [7, 11) is 3.63. The van der Waals surface area contributed by atoms with Gasteiger partial charge in [0.2, 0.25) is 0 Å². The highest BCUT2D eigenvalue weighted by atomic mass is 16.5. The molecule has 2 atom stereocenters. The van der Waals surface area contributed by atoms with E-state index in [9.17, 15) is 4.79 Å². The van der Waals surface area contributed by atoms with E-state index in [0.717, 1.165) is 12.8 Å². The Hall–Kier alpha value is -0.770. The highest BCUT2D eigenvalue weighted by Crippen LogP contribution is 2.32. The number of fused-ring (bicyclic) bond motifs is 2. The third-order valence-corrected chi connectivity index (χ3v) is 3.85. The summed E-state index contributed by atoms with van der Waals surface area (Å²) in [6.07, 6.45) is 5.73. The van der Waals surface area contributed by atoms with Crippen molar-refractivity contribution in [1.29, 1.82) is 0 Å². The fourth-order valence-corrected chi connectivity index (χ4v) is 2.96. The minimum absolute atomic E-state index is 0.289. The Labute approximate surface area is 91.0 Å². The van der Waals surface area contributed by atoms with Crippen LogP contribution >= 0.6 is 0 Å². The van der Waals surface area contributed by atoms with E-state index in [4.69, 9.17) is 0 Å². The number of methoxy groups -OCH3 is 1. The van der Waals surface area contributed by atoms with Gasteiger partial charge in [0, 0.05) is 18.1 Å². The van der Waals surface area contributed by atoms with Crippen LogP contribution in [0.4, 0.5) is 4.79 Å². The second-order valence-corrected chi connectivity index (χ2v) is 4.71. The molecular formula is C11H20N2O2. The Balaban J connectivity index is 1.92. The van der Waals surface area contributed by atoms with Crippen molar-refractivity contribution in [2.75, 3.05) is 14.2 Å². The summed E-state index contributed by atoms with van der Waals surface area (Å²) >= 11 is 0. The van der Waals surface area contributed by atoms with Crippen LogP contribution in [-0.4, -0.2) is 43.3 Å². The van der Waals surface area contributed by atoms with Gasteiger partial charge in [-0.05, 0) is 32.7 Å².